The quantitative estimate of drug-likeness (QED) is 0.890. The van der Waals surface area contributed by atoms with Gasteiger partial charge in [-0.3, -0.25) is 0 Å². The zero-order valence-electron chi connectivity index (χ0n) is 9.74. The molecule has 3 nitrogen and oxygen atoms in total. The Kier molecular flexibility index (Phi) is 3.72. The van der Waals surface area contributed by atoms with Gasteiger partial charge in [0.2, 0.25) is 0 Å². The molecule has 1 aromatic carbocycles. The topological polar surface area (TPSA) is 49.3 Å². The van der Waals surface area contributed by atoms with Crippen LogP contribution in [0.4, 0.5) is 5.69 Å². The SMILES string of the molecule is CC(Nc1ccc(Br)cc1C(=O)O)C1CCC1. The predicted molar refractivity (Wildman–Crippen MR) is 71.5 cm³/mol. The third-order valence-corrected chi connectivity index (χ3v) is 3.95. The first-order valence-electron chi connectivity index (χ1n) is 5.87. The number of rotatable bonds is 4. The van der Waals surface area contributed by atoms with Crippen LogP contribution in [-0.2, 0) is 0 Å². The van der Waals surface area contributed by atoms with Gasteiger partial charge in [0.05, 0.1) is 5.56 Å². The van der Waals surface area contributed by atoms with Crippen molar-refractivity contribution in [3.8, 4) is 0 Å². The maximum atomic E-state index is 11.1. The number of hydrogen-bond donors (Lipinski definition) is 2. The van der Waals surface area contributed by atoms with Gasteiger partial charge in [-0.05, 0) is 43.9 Å². The van der Waals surface area contributed by atoms with Gasteiger partial charge in [-0.25, -0.2) is 4.79 Å². The van der Waals surface area contributed by atoms with Crippen LogP contribution in [0.3, 0.4) is 0 Å². The first-order chi connectivity index (χ1) is 8.08. The first kappa shape index (κ1) is 12.4. The van der Waals surface area contributed by atoms with E-state index in [1.54, 1.807) is 6.07 Å². The van der Waals surface area contributed by atoms with E-state index in [2.05, 4.69) is 28.2 Å². The van der Waals surface area contributed by atoms with E-state index in [0.717, 1.165) is 4.47 Å². The molecule has 1 unspecified atom stereocenters. The number of carbonyl (C=O) groups is 1. The highest BCUT2D eigenvalue weighted by Gasteiger charge is 2.24. The van der Waals surface area contributed by atoms with Gasteiger partial charge >= 0.3 is 5.97 Å². The minimum absolute atomic E-state index is 0.325. The van der Waals surface area contributed by atoms with Crippen molar-refractivity contribution in [2.75, 3.05) is 5.32 Å². The molecular formula is C13H16BrNO2. The molecule has 0 bridgehead atoms. The number of benzene rings is 1. The highest BCUT2D eigenvalue weighted by molar-refractivity contribution is 9.10. The number of anilines is 1. The Labute approximate surface area is 109 Å². The summed E-state index contributed by atoms with van der Waals surface area (Å²) in [5, 5.41) is 12.5. The number of hydrogen-bond acceptors (Lipinski definition) is 2. The molecular weight excluding hydrogens is 282 g/mol. The Hall–Kier alpha value is -1.03. The third-order valence-electron chi connectivity index (χ3n) is 3.45. The van der Waals surface area contributed by atoms with E-state index in [-0.39, 0.29) is 0 Å². The molecule has 0 amide bonds. The molecule has 0 heterocycles. The average Bonchev–Trinajstić information content (AvgIpc) is 2.17. The van der Waals surface area contributed by atoms with Crippen LogP contribution in [-0.4, -0.2) is 17.1 Å². The van der Waals surface area contributed by atoms with Crippen LogP contribution in [0.2, 0.25) is 0 Å². The Morgan fingerprint density at radius 1 is 1.53 bits per heavy atom. The van der Waals surface area contributed by atoms with E-state index >= 15 is 0 Å². The summed E-state index contributed by atoms with van der Waals surface area (Å²) in [5.74, 6) is -0.213. The molecule has 2 rings (SSSR count). The molecule has 0 aliphatic heterocycles. The van der Waals surface area contributed by atoms with Crippen molar-refractivity contribution in [3.05, 3.63) is 28.2 Å². The molecule has 92 valence electrons. The van der Waals surface area contributed by atoms with Crippen LogP contribution in [0, 0.1) is 5.92 Å². The first-order valence-corrected chi connectivity index (χ1v) is 6.66. The highest BCUT2D eigenvalue weighted by Crippen LogP contribution is 2.32. The zero-order chi connectivity index (χ0) is 12.4. The monoisotopic (exact) mass is 297 g/mol. The van der Waals surface area contributed by atoms with E-state index < -0.39 is 5.97 Å². The van der Waals surface area contributed by atoms with E-state index in [1.165, 1.54) is 19.3 Å². The number of nitrogens with one attached hydrogen (secondary N) is 1. The lowest BCUT2D eigenvalue weighted by Crippen LogP contribution is -2.31. The lowest BCUT2D eigenvalue weighted by atomic mass is 9.80. The van der Waals surface area contributed by atoms with Crippen LogP contribution in [0.1, 0.15) is 36.5 Å². The van der Waals surface area contributed by atoms with Crippen LogP contribution in [0.15, 0.2) is 22.7 Å². The van der Waals surface area contributed by atoms with Crippen LogP contribution in [0.5, 0.6) is 0 Å². The van der Waals surface area contributed by atoms with E-state index in [9.17, 15) is 4.79 Å². The molecule has 1 fully saturated rings. The second-order valence-electron chi connectivity index (χ2n) is 4.62. The van der Waals surface area contributed by atoms with Crippen molar-refractivity contribution in [1.82, 2.24) is 0 Å². The Bertz CT molecular complexity index is 429. The van der Waals surface area contributed by atoms with Crippen LogP contribution in [0.25, 0.3) is 0 Å². The molecule has 0 spiro atoms. The standard InChI is InChI=1S/C13H16BrNO2/c1-8(9-3-2-4-9)15-12-6-5-10(14)7-11(12)13(16)17/h5-9,15H,2-4H2,1H3,(H,16,17). The molecule has 2 N–H and O–H groups in total. The molecule has 4 heteroatoms. The maximum Gasteiger partial charge on any atom is 0.337 e. The number of carboxylic acid groups (broad SMARTS) is 1. The summed E-state index contributed by atoms with van der Waals surface area (Å²) >= 11 is 3.29. The smallest absolute Gasteiger partial charge is 0.337 e. The summed E-state index contributed by atoms with van der Waals surface area (Å²) in [6, 6.07) is 5.66. The van der Waals surface area contributed by atoms with E-state index in [0.29, 0.717) is 23.2 Å². The second kappa shape index (κ2) is 5.08. The van der Waals surface area contributed by atoms with E-state index in [1.807, 2.05) is 12.1 Å². The van der Waals surface area contributed by atoms with Crippen LogP contribution >= 0.6 is 15.9 Å². The molecule has 1 aliphatic rings. The van der Waals surface area contributed by atoms with Gasteiger partial charge in [0.15, 0.2) is 0 Å². The highest BCUT2D eigenvalue weighted by atomic mass is 79.9. The Morgan fingerprint density at radius 3 is 2.76 bits per heavy atom. The fourth-order valence-electron chi connectivity index (χ4n) is 2.12. The van der Waals surface area contributed by atoms with Gasteiger partial charge in [-0.1, -0.05) is 22.4 Å². The van der Waals surface area contributed by atoms with Crippen molar-refractivity contribution in [3.63, 3.8) is 0 Å². The maximum absolute atomic E-state index is 11.1. The summed E-state index contributed by atoms with van der Waals surface area (Å²) in [4.78, 5) is 11.1. The summed E-state index contributed by atoms with van der Waals surface area (Å²) in [6.45, 7) is 2.12. The van der Waals surface area contributed by atoms with Crippen molar-refractivity contribution in [1.29, 1.82) is 0 Å². The largest absolute Gasteiger partial charge is 0.478 e. The minimum Gasteiger partial charge on any atom is -0.478 e. The molecule has 1 aromatic rings. The Balaban J connectivity index is 2.16. The van der Waals surface area contributed by atoms with Crippen molar-refractivity contribution >= 4 is 27.6 Å². The number of aromatic carboxylic acids is 1. The average molecular weight is 298 g/mol. The summed E-state index contributed by atoms with van der Waals surface area (Å²) < 4.78 is 0.789. The molecule has 1 saturated carbocycles. The zero-order valence-corrected chi connectivity index (χ0v) is 11.3. The fourth-order valence-corrected chi connectivity index (χ4v) is 2.48. The second-order valence-corrected chi connectivity index (χ2v) is 5.53. The molecule has 0 aromatic heterocycles. The van der Waals surface area contributed by atoms with Gasteiger partial charge in [-0.15, -0.1) is 0 Å². The normalized spacial score (nSPS) is 17.3. The number of carboxylic acids is 1. The third kappa shape index (κ3) is 2.80. The molecule has 0 saturated heterocycles. The Morgan fingerprint density at radius 2 is 2.24 bits per heavy atom. The fraction of sp³-hybridized carbons (Fsp3) is 0.462. The predicted octanol–water partition coefficient (Wildman–Crippen LogP) is 3.75. The van der Waals surface area contributed by atoms with Crippen molar-refractivity contribution in [2.45, 2.75) is 32.2 Å². The van der Waals surface area contributed by atoms with E-state index in [4.69, 9.17) is 5.11 Å². The van der Waals surface area contributed by atoms with Crippen molar-refractivity contribution in [2.24, 2.45) is 5.92 Å². The molecule has 0 radical (unpaired) electrons. The molecule has 17 heavy (non-hydrogen) atoms. The summed E-state index contributed by atoms with van der Waals surface area (Å²) in [7, 11) is 0. The van der Waals surface area contributed by atoms with Crippen molar-refractivity contribution < 1.29 is 9.90 Å². The molecule has 1 aliphatic carbocycles. The minimum atomic E-state index is -0.894. The van der Waals surface area contributed by atoms with Gasteiger partial charge < -0.3 is 10.4 Å². The summed E-state index contributed by atoms with van der Waals surface area (Å²) in [6.07, 6.45) is 3.78. The van der Waals surface area contributed by atoms with Gasteiger partial charge in [0, 0.05) is 16.2 Å². The molecule has 1 atom stereocenters. The lowest BCUT2D eigenvalue weighted by Gasteiger charge is -2.32. The lowest BCUT2D eigenvalue weighted by molar-refractivity contribution is 0.0697. The van der Waals surface area contributed by atoms with Crippen LogP contribution < -0.4 is 5.32 Å². The van der Waals surface area contributed by atoms with Gasteiger partial charge in [-0.2, -0.15) is 0 Å². The summed E-state index contributed by atoms with van der Waals surface area (Å²) in [5.41, 5.74) is 1.03. The number of halogens is 1. The van der Waals surface area contributed by atoms with Gasteiger partial charge in [0.1, 0.15) is 0 Å². The van der Waals surface area contributed by atoms with Gasteiger partial charge in [0.25, 0.3) is 0 Å².